The van der Waals surface area contributed by atoms with Gasteiger partial charge in [-0.05, 0) is 25.5 Å². The molecule has 0 saturated heterocycles. The molecule has 0 aliphatic heterocycles. The highest BCUT2D eigenvalue weighted by Gasteiger charge is 2.03. The van der Waals surface area contributed by atoms with E-state index in [0.717, 1.165) is 12.2 Å². The standard InChI is InChI=1S/C8H18N2/c1-6(2)8(5-10-4)7(3)9/h6,10H,5,9H2,1-4H3/b8-7-. The zero-order chi connectivity index (χ0) is 8.15. The van der Waals surface area contributed by atoms with Crippen LogP contribution in [0.5, 0.6) is 0 Å². The Hall–Kier alpha value is -0.500. The van der Waals surface area contributed by atoms with E-state index in [0.29, 0.717) is 5.92 Å². The third-order valence-corrected chi connectivity index (χ3v) is 1.57. The Labute approximate surface area is 63.5 Å². The highest BCUT2D eigenvalue weighted by molar-refractivity contribution is 5.12. The summed E-state index contributed by atoms with van der Waals surface area (Å²) in [5.41, 5.74) is 7.92. The van der Waals surface area contributed by atoms with E-state index in [1.165, 1.54) is 5.57 Å². The molecule has 2 heteroatoms. The van der Waals surface area contributed by atoms with E-state index in [4.69, 9.17) is 5.73 Å². The van der Waals surface area contributed by atoms with Gasteiger partial charge in [-0.2, -0.15) is 0 Å². The normalized spacial score (nSPS) is 13.7. The quantitative estimate of drug-likeness (QED) is 0.619. The van der Waals surface area contributed by atoms with Crippen LogP contribution in [-0.2, 0) is 0 Å². The molecular weight excluding hydrogens is 124 g/mol. The molecule has 0 radical (unpaired) electrons. The average molecular weight is 142 g/mol. The second kappa shape index (κ2) is 4.34. The molecule has 0 aliphatic carbocycles. The van der Waals surface area contributed by atoms with Crippen molar-refractivity contribution in [3.8, 4) is 0 Å². The minimum Gasteiger partial charge on any atom is -0.402 e. The summed E-state index contributed by atoms with van der Waals surface area (Å²) in [7, 11) is 1.94. The van der Waals surface area contributed by atoms with E-state index in [-0.39, 0.29) is 0 Å². The maximum Gasteiger partial charge on any atom is 0.0184 e. The Bertz CT molecular complexity index is 121. The molecule has 0 aromatic carbocycles. The molecule has 0 spiro atoms. The van der Waals surface area contributed by atoms with Gasteiger partial charge in [0.15, 0.2) is 0 Å². The molecule has 2 nitrogen and oxygen atoms in total. The zero-order valence-corrected chi connectivity index (χ0v) is 7.36. The van der Waals surface area contributed by atoms with Crippen molar-refractivity contribution < 1.29 is 0 Å². The zero-order valence-electron chi connectivity index (χ0n) is 7.36. The average Bonchev–Trinajstić information content (AvgIpc) is 1.81. The van der Waals surface area contributed by atoms with Crippen LogP contribution in [0.4, 0.5) is 0 Å². The van der Waals surface area contributed by atoms with Crippen molar-refractivity contribution in [1.29, 1.82) is 0 Å². The number of allylic oxidation sites excluding steroid dienone is 1. The van der Waals surface area contributed by atoms with Crippen molar-refractivity contribution in [3.63, 3.8) is 0 Å². The Kier molecular flexibility index (Phi) is 4.12. The predicted molar refractivity (Wildman–Crippen MR) is 45.7 cm³/mol. The van der Waals surface area contributed by atoms with Gasteiger partial charge in [0.2, 0.25) is 0 Å². The summed E-state index contributed by atoms with van der Waals surface area (Å²) < 4.78 is 0. The minimum absolute atomic E-state index is 0.553. The van der Waals surface area contributed by atoms with Gasteiger partial charge in [-0.15, -0.1) is 0 Å². The Morgan fingerprint density at radius 3 is 2.10 bits per heavy atom. The molecule has 0 fully saturated rings. The van der Waals surface area contributed by atoms with Crippen LogP contribution in [0.25, 0.3) is 0 Å². The smallest absolute Gasteiger partial charge is 0.0184 e. The third kappa shape index (κ3) is 2.87. The monoisotopic (exact) mass is 142 g/mol. The maximum atomic E-state index is 5.66. The lowest BCUT2D eigenvalue weighted by Gasteiger charge is -2.12. The van der Waals surface area contributed by atoms with Gasteiger partial charge in [0.05, 0.1) is 0 Å². The van der Waals surface area contributed by atoms with E-state index >= 15 is 0 Å². The van der Waals surface area contributed by atoms with Crippen LogP contribution in [0.15, 0.2) is 11.3 Å². The number of hydrogen-bond acceptors (Lipinski definition) is 2. The van der Waals surface area contributed by atoms with Crippen LogP contribution in [-0.4, -0.2) is 13.6 Å². The first-order chi connectivity index (χ1) is 4.59. The molecular formula is C8H18N2. The van der Waals surface area contributed by atoms with Gasteiger partial charge >= 0.3 is 0 Å². The van der Waals surface area contributed by atoms with Crippen LogP contribution < -0.4 is 11.1 Å². The van der Waals surface area contributed by atoms with Crippen molar-refractivity contribution in [3.05, 3.63) is 11.3 Å². The Balaban J connectivity index is 4.13. The van der Waals surface area contributed by atoms with E-state index in [2.05, 4.69) is 19.2 Å². The molecule has 0 heterocycles. The fourth-order valence-corrected chi connectivity index (χ4v) is 0.989. The number of nitrogens with one attached hydrogen (secondary N) is 1. The van der Waals surface area contributed by atoms with E-state index in [9.17, 15) is 0 Å². The summed E-state index contributed by atoms with van der Waals surface area (Å²) in [6.45, 7) is 7.17. The number of likely N-dealkylation sites (N-methyl/N-ethyl adjacent to an activating group) is 1. The maximum absolute atomic E-state index is 5.66. The van der Waals surface area contributed by atoms with Crippen LogP contribution in [0.3, 0.4) is 0 Å². The lowest BCUT2D eigenvalue weighted by molar-refractivity contribution is 0.693. The van der Waals surface area contributed by atoms with Crippen LogP contribution in [0, 0.1) is 5.92 Å². The largest absolute Gasteiger partial charge is 0.402 e. The van der Waals surface area contributed by atoms with Gasteiger partial charge < -0.3 is 11.1 Å². The highest BCUT2D eigenvalue weighted by Crippen LogP contribution is 2.09. The van der Waals surface area contributed by atoms with Crippen molar-refractivity contribution >= 4 is 0 Å². The molecule has 0 aliphatic rings. The Morgan fingerprint density at radius 1 is 1.50 bits per heavy atom. The first-order valence-corrected chi connectivity index (χ1v) is 3.69. The number of hydrogen-bond donors (Lipinski definition) is 2. The summed E-state index contributed by atoms with van der Waals surface area (Å²) in [5.74, 6) is 0.553. The molecule has 0 atom stereocenters. The van der Waals surface area contributed by atoms with Crippen molar-refractivity contribution in [2.75, 3.05) is 13.6 Å². The first-order valence-electron chi connectivity index (χ1n) is 3.69. The first kappa shape index (κ1) is 9.50. The summed E-state index contributed by atoms with van der Waals surface area (Å²) >= 11 is 0. The second-order valence-corrected chi connectivity index (χ2v) is 2.89. The minimum atomic E-state index is 0.553. The molecule has 60 valence electrons. The molecule has 3 N–H and O–H groups in total. The third-order valence-electron chi connectivity index (χ3n) is 1.57. The van der Waals surface area contributed by atoms with Crippen LogP contribution in [0.1, 0.15) is 20.8 Å². The topological polar surface area (TPSA) is 38.0 Å². The summed E-state index contributed by atoms with van der Waals surface area (Å²) in [5, 5.41) is 3.09. The SMILES string of the molecule is CNC/C(=C(\C)N)C(C)C. The fraction of sp³-hybridized carbons (Fsp3) is 0.750. The molecule has 0 saturated carbocycles. The molecule has 0 aromatic rings. The molecule has 0 aromatic heterocycles. The molecule has 10 heavy (non-hydrogen) atoms. The molecule has 0 rings (SSSR count). The van der Waals surface area contributed by atoms with Gasteiger partial charge in [-0.25, -0.2) is 0 Å². The summed E-state index contributed by atoms with van der Waals surface area (Å²) in [6, 6.07) is 0. The van der Waals surface area contributed by atoms with Crippen molar-refractivity contribution in [2.24, 2.45) is 11.7 Å². The molecule has 0 amide bonds. The predicted octanol–water partition coefficient (Wildman–Crippen LogP) is 1.09. The Morgan fingerprint density at radius 2 is 2.00 bits per heavy atom. The lowest BCUT2D eigenvalue weighted by Crippen LogP contribution is -2.17. The van der Waals surface area contributed by atoms with E-state index < -0.39 is 0 Å². The van der Waals surface area contributed by atoms with Crippen molar-refractivity contribution in [1.82, 2.24) is 5.32 Å². The highest BCUT2D eigenvalue weighted by atomic mass is 14.8. The van der Waals surface area contributed by atoms with E-state index in [1.54, 1.807) is 0 Å². The van der Waals surface area contributed by atoms with Gasteiger partial charge in [0, 0.05) is 12.2 Å². The summed E-state index contributed by atoms with van der Waals surface area (Å²) in [6.07, 6.45) is 0. The van der Waals surface area contributed by atoms with Gasteiger partial charge in [0.1, 0.15) is 0 Å². The molecule has 0 bridgehead atoms. The number of nitrogens with two attached hydrogens (primary N) is 1. The van der Waals surface area contributed by atoms with E-state index in [1.807, 2.05) is 14.0 Å². The van der Waals surface area contributed by atoms with Crippen molar-refractivity contribution in [2.45, 2.75) is 20.8 Å². The van der Waals surface area contributed by atoms with Crippen LogP contribution >= 0.6 is 0 Å². The van der Waals surface area contributed by atoms with Gasteiger partial charge in [0.25, 0.3) is 0 Å². The van der Waals surface area contributed by atoms with Gasteiger partial charge in [-0.1, -0.05) is 13.8 Å². The summed E-state index contributed by atoms with van der Waals surface area (Å²) in [4.78, 5) is 0. The second-order valence-electron chi connectivity index (χ2n) is 2.89. The van der Waals surface area contributed by atoms with Gasteiger partial charge in [-0.3, -0.25) is 0 Å². The van der Waals surface area contributed by atoms with Crippen LogP contribution in [0.2, 0.25) is 0 Å². The lowest BCUT2D eigenvalue weighted by atomic mass is 10.0. The fourth-order valence-electron chi connectivity index (χ4n) is 0.989. The number of rotatable bonds is 3. The molecule has 0 unspecified atom stereocenters.